The number of rotatable bonds is 4. The van der Waals surface area contributed by atoms with Crippen LogP contribution in [0.2, 0.25) is 5.02 Å². The maximum absolute atomic E-state index is 12.4. The third-order valence-electron chi connectivity index (χ3n) is 4.46. The number of thiophene rings is 1. The van der Waals surface area contributed by atoms with Gasteiger partial charge in [0.2, 0.25) is 5.91 Å². The van der Waals surface area contributed by atoms with E-state index in [1.165, 1.54) is 0 Å². The molecule has 3 heterocycles. The average molecular weight is 420 g/mol. The Bertz CT molecular complexity index is 976. The van der Waals surface area contributed by atoms with E-state index in [1.807, 2.05) is 40.6 Å². The van der Waals surface area contributed by atoms with Gasteiger partial charge >= 0.3 is 0 Å². The van der Waals surface area contributed by atoms with Crippen LogP contribution in [0.1, 0.15) is 4.88 Å². The number of thiazole rings is 1. The van der Waals surface area contributed by atoms with Crippen LogP contribution in [0.25, 0.3) is 16.3 Å². The zero-order chi connectivity index (χ0) is 18.8. The number of carbonyl (C=O) groups excluding carboxylic acids is 1. The van der Waals surface area contributed by atoms with Gasteiger partial charge in [-0.2, -0.15) is 0 Å². The van der Waals surface area contributed by atoms with Gasteiger partial charge in [-0.05, 0) is 29.7 Å². The minimum atomic E-state index is 0.0528. The van der Waals surface area contributed by atoms with E-state index in [1.54, 1.807) is 35.9 Å². The third-order valence-corrected chi connectivity index (χ3v) is 6.88. The van der Waals surface area contributed by atoms with Crippen molar-refractivity contribution in [3.63, 3.8) is 0 Å². The summed E-state index contributed by atoms with van der Waals surface area (Å²) in [5, 5.41) is 3.60. The number of anilines is 1. The largest absolute Gasteiger partial charge is 0.494 e. The predicted molar refractivity (Wildman–Crippen MR) is 113 cm³/mol. The molecular weight excluding hydrogens is 402 g/mol. The van der Waals surface area contributed by atoms with Crippen LogP contribution in [0.3, 0.4) is 0 Å². The molecule has 140 valence electrons. The van der Waals surface area contributed by atoms with Crippen LogP contribution < -0.4 is 9.64 Å². The van der Waals surface area contributed by atoms with Gasteiger partial charge in [-0.25, -0.2) is 4.98 Å². The van der Waals surface area contributed by atoms with Crippen molar-refractivity contribution < 1.29 is 9.53 Å². The van der Waals surface area contributed by atoms with Crippen LogP contribution in [-0.2, 0) is 4.79 Å². The zero-order valence-corrected chi connectivity index (χ0v) is 17.1. The first-order valence-electron chi connectivity index (χ1n) is 8.54. The molecule has 0 bridgehead atoms. The highest BCUT2D eigenvalue weighted by molar-refractivity contribution is 7.22. The van der Waals surface area contributed by atoms with E-state index in [0.29, 0.717) is 18.1 Å². The number of ether oxygens (including phenoxy) is 1. The first-order valence-corrected chi connectivity index (χ1v) is 10.6. The van der Waals surface area contributed by atoms with Crippen molar-refractivity contribution in [3.8, 4) is 5.75 Å². The summed E-state index contributed by atoms with van der Waals surface area (Å²) in [6.07, 6.45) is 3.53. The number of nitrogens with zero attached hydrogens (tertiary/aromatic N) is 3. The quantitative estimate of drug-likeness (QED) is 0.588. The van der Waals surface area contributed by atoms with Crippen LogP contribution >= 0.6 is 34.3 Å². The van der Waals surface area contributed by atoms with E-state index in [0.717, 1.165) is 39.1 Å². The van der Waals surface area contributed by atoms with E-state index in [-0.39, 0.29) is 5.91 Å². The molecule has 2 aromatic heterocycles. The monoisotopic (exact) mass is 419 g/mol. The van der Waals surface area contributed by atoms with Gasteiger partial charge in [0.15, 0.2) is 5.13 Å². The summed E-state index contributed by atoms with van der Waals surface area (Å²) in [6, 6.07) is 7.65. The highest BCUT2D eigenvalue weighted by atomic mass is 35.5. The number of piperazine rings is 1. The molecule has 0 N–H and O–H groups in total. The highest BCUT2D eigenvalue weighted by Gasteiger charge is 2.23. The van der Waals surface area contributed by atoms with Gasteiger partial charge in [0, 0.05) is 37.1 Å². The number of halogens is 1. The normalized spacial score (nSPS) is 15.0. The van der Waals surface area contributed by atoms with E-state index in [2.05, 4.69) is 4.90 Å². The summed E-state index contributed by atoms with van der Waals surface area (Å²) < 4.78 is 6.33. The van der Waals surface area contributed by atoms with Crippen LogP contribution in [0.4, 0.5) is 5.13 Å². The van der Waals surface area contributed by atoms with E-state index < -0.39 is 0 Å². The highest BCUT2D eigenvalue weighted by Crippen LogP contribution is 2.38. The molecule has 0 saturated carbocycles. The van der Waals surface area contributed by atoms with E-state index in [4.69, 9.17) is 21.3 Å². The lowest BCUT2D eigenvalue weighted by molar-refractivity contribution is -0.126. The standard InChI is InChI=1S/C19H18ClN3O2S2/c1-25-15-6-5-14(20)18-17(15)21-19(27-18)23-10-8-22(9-11-23)16(24)7-4-13-3-2-12-26-13/h2-7,12H,8-11H2,1H3. The Morgan fingerprint density at radius 1 is 1.26 bits per heavy atom. The van der Waals surface area contributed by atoms with Gasteiger partial charge < -0.3 is 14.5 Å². The number of benzene rings is 1. The molecule has 1 aromatic carbocycles. The van der Waals surface area contributed by atoms with Crippen LogP contribution in [0, 0.1) is 0 Å². The first-order chi connectivity index (χ1) is 13.2. The molecular formula is C19H18ClN3O2S2. The number of hydrogen-bond acceptors (Lipinski definition) is 6. The number of carbonyl (C=O) groups is 1. The Hall–Kier alpha value is -2.09. The fraction of sp³-hybridized carbons (Fsp3) is 0.263. The molecule has 0 spiro atoms. The van der Waals surface area contributed by atoms with Gasteiger partial charge in [0.1, 0.15) is 11.3 Å². The number of methoxy groups -OCH3 is 1. The molecule has 1 fully saturated rings. The molecule has 0 unspecified atom stereocenters. The number of amides is 1. The summed E-state index contributed by atoms with van der Waals surface area (Å²) in [7, 11) is 1.63. The molecule has 3 aromatic rings. The third kappa shape index (κ3) is 3.81. The molecule has 5 nitrogen and oxygen atoms in total. The van der Waals surface area contributed by atoms with Crippen molar-refractivity contribution in [2.24, 2.45) is 0 Å². The van der Waals surface area contributed by atoms with Gasteiger partial charge in [0.05, 0.1) is 16.8 Å². The van der Waals surface area contributed by atoms with Crippen LogP contribution in [-0.4, -0.2) is 49.1 Å². The van der Waals surface area contributed by atoms with E-state index >= 15 is 0 Å². The molecule has 8 heteroatoms. The lowest BCUT2D eigenvalue weighted by Gasteiger charge is -2.34. The molecule has 0 aliphatic carbocycles. The van der Waals surface area contributed by atoms with Crippen molar-refractivity contribution in [1.29, 1.82) is 0 Å². The molecule has 0 atom stereocenters. The topological polar surface area (TPSA) is 45.7 Å². The minimum absolute atomic E-state index is 0.0528. The molecule has 1 aliphatic heterocycles. The lowest BCUT2D eigenvalue weighted by atomic mass is 10.3. The SMILES string of the molecule is COc1ccc(Cl)c2sc(N3CCN(C(=O)C=Cc4cccs4)CC3)nc12. The van der Waals surface area contributed by atoms with Crippen molar-refractivity contribution in [2.45, 2.75) is 0 Å². The molecule has 1 amide bonds. The van der Waals surface area contributed by atoms with Gasteiger partial charge in [-0.15, -0.1) is 11.3 Å². The fourth-order valence-corrected chi connectivity index (χ4v) is 4.93. The van der Waals surface area contributed by atoms with Crippen molar-refractivity contribution in [1.82, 2.24) is 9.88 Å². The molecule has 4 rings (SSSR count). The molecule has 1 aliphatic rings. The summed E-state index contributed by atoms with van der Waals surface area (Å²) in [5.74, 6) is 0.779. The average Bonchev–Trinajstić information content (AvgIpc) is 3.37. The fourth-order valence-electron chi connectivity index (χ4n) is 3.00. The zero-order valence-electron chi connectivity index (χ0n) is 14.7. The Kier molecular flexibility index (Phi) is 5.33. The van der Waals surface area contributed by atoms with E-state index in [9.17, 15) is 4.79 Å². The number of aromatic nitrogens is 1. The summed E-state index contributed by atoms with van der Waals surface area (Å²) in [6.45, 7) is 2.85. The smallest absolute Gasteiger partial charge is 0.246 e. The maximum atomic E-state index is 12.4. The molecule has 0 radical (unpaired) electrons. The molecule has 1 saturated heterocycles. The second kappa shape index (κ2) is 7.88. The second-order valence-corrected chi connectivity index (χ2v) is 8.45. The van der Waals surface area contributed by atoms with Crippen LogP contribution in [0.5, 0.6) is 5.75 Å². The number of hydrogen-bond donors (Lipinski definition) is 0. The minimum Gasteiger partial charge on any atom is -0.494 e. The van der Waals surface area contributed by atoms with Crippen molar-refractivity contribution in [2.75, 3.05) is 38.2 Å². The Labute approximate surface area is 170 Å². The van der Waals surface area contributed by atoms with Gasteiger partial charge in [-0.3, -0.25) is 4.79 Å². The maximum Gasteiger partial charge on any atom is 0.246 e. The van der Waals surface area contributed by atoms with Gasteiger partial charge in [-0.1, -0.05) is 29.0 Å². The first kappa shape index (κ1) is 18.3. The second-order valence-electron chi connectivity index (χ2n) is 6.08. The van der Waals surface area contributed by atoms with Crippen molar-refractivity contribution in [3.05, 3.63) is 45.6 Å². The summed E-state index contributed by atoms with van der Waals surface area (Å²) in [4.78, 5) is 22.3. The van der Waals surface area contributed by atoms with Crippen molar-refractivity contribution >= 4 is 61.6 Å². The number of fused-ring (bicyclic) bond motifs is 1. The Balaban J connectivity index is 1.44. The molecule has 27 heavy (non-hydrogen) atoms. The summed E-state index contributed by atoms with van der Waals surface area (Å²) in [5.41, 5.74) is 0.794. The lowest BCUT2D eigenvalue weighted by Crippen LogP contribution is -2.48. The predicted octanol–water partition coefficient (Wildman–Crippen LogP) is 4.38. The van der Waals surface area contributed by atoms with Gasteiger partial charge in [0.25, 0.3) is 0 Å². The summed E-state index contributed by atoms with van der Waals surface area (Å²) >= 11 is 9.50. The Morgan fingerprint density at radius 2 is 2.07 bits per heavy atom. The van der Waals surface area contributed by atoms with Crippen LogP contribution in [0.15, 0.2) is 35.7 Å². The Morgan fingerprint density at radius 3 is 2.78 bits per heavy atom.